The van der Waals surface area contributed by atoms with Crippen LogP contribution in [-0.4, -0.2) is 48.4 Å². The Bertz CT molecular complexity index is 492. The molecule has 1 aliphatic heterocycles. The van der Waals surface area contributed by atoms with Crippen molar-refractivity contribution in [2.24, 2.45) is 5.92 Å². The molecule has 114 valence electrons. The van der Waals surface area contributed by atoms with Gasteiger partial charge >= 0.3 is 0 Å². The van der Waals surface area contributed by atoms with E-state index in [0.717, 1.165) is 12.1 Å². The van der Waals surface area contributed by atoms with Gasteiger partial charge in [-0.1, -0.05) is 11.6 Å². The predicted molar refractivity (Wildman–Crippen MR) is 85.7 cm³/mol. The third-order valence-electron chi connectivity index (χ3n) is 4.72. The van der Waals surface area contributed by atoms with Gasteiger partial charge in [0.05, 0.1) is 0 Å². The van der Waals surface area contributed by atoms with E-state index in [4.69, 9.17) is 11.6 Å². The van der Waals surface area contributed by atoms with Gasteiger partial charge in [0.1, 0.15) is 0 Å². The maximum atomic E-state index is 12.7. The number of carbonyl (C=O) groups excluding carboxylic acids is 1. The van der Waals surface area contributed by atoms with Crippen LogP contribution in [0, 0.1) is 5.92 Å². The van der Waals surface area contributed by atoms with Crippen molar-refractivity contribution in [2.75, 3.05) is 26.7 Å². The van der Waals surface area contributed by atoms with Crippen molar-refractivity contribution in [3.05, 3.63) is 34.9 Å². The van der Waals surface area contributed by atoms with Crippen LogP contribution in [0.4, 0.5) is 0 Å². The average molecular weight is 307 g/mol. The first-order valence-corrected chi connectivity index (χ1v) is 8.28. The van der Waals surface area contributed by atoms with Crippen molar-refractivity contribution in [1.82, 2.24) is 9.80 Å². The molecular formula is C17H23ClN2O. The molecule has 0 spiro atoms. The zero-order valence-corrected chi connectivity index (χ0v) is 13.4. The second-order valence-electron chi connectivity index (χ2n) is 6.34. The number of hydrogen-bond acceptors (Lipinski definition) is 2. The molecule has 0 N–H and O–H groups in total. The molecule has 1 unspecified atom stereocenters. The Balaban J connectivity index is 1.69. The second kappa shape index (κ2) is 6.37. The minimum absolute atomic E-state index is 0.114. The van der Waals surface area contributed by atoms with Crippen LogP contribution in [0.3, 0.4) is 0 Å². The number of benzene rings is 1. The summed E-state index contributed by atoms with van der Waals surface area (Å²) in [6, 6.07) is 7.57. The van der Waals surface area contributed by atoms with Crippen LogP contribution in [0.2, 0.25) is 5.02 Å². The molecule has 1 aliphatic carbocycles. The monoisotopic (exact) mass is 306 g/mol. The van der Waals surface area contributed by atoms with Crippen molar-refractivity contribution >= 4 is 17.5 Å². The van der Waals surface area contributed by atoms with Crippen LogP contribution in [0.5, 0.6) is 0 Å². The first-order valence-electron chi connectivity index (χ1n) is 7.90. The molecule has 21 heavy (non-hydrogen) atoms. The summed E-state index contributed by atoms with van der Waals surface area (Å²) < 4.78 is 0. The standard InChI is InChI=1S/C17H23ClN2O/c1-19(17(21)14-6-8-15(18)9-7-14)16(13-4-5-13)12-20-10-2-3-11-20/h6-9,13,16H,2-5,10-12H2,1H3. The lowest BCUT2D eigenvalue weighted by atomic mass is 10.1. The van der Waals surface area contributed by atoms with Gasteiger partial charge in [0.15, 0.2) is 0 Å². The third-order valence-corrected chi connectivity index (χ3v) is 4.97. The first-order chi connectivity index (χ1) is 10.1. The number of nitrogens with zero attached hydrogens (tertiary/aromatic N) is 2. The number of carbonyl (C=O) groups is 1. The predicted octanol–water partition coefficient (Wildman–Crippen LogP) is 3.29. The largest absolute Gasteiger partial charge is 0.337 e. The van der Waals surface area contributed by atoms with E-state index in [2.05, 4.69) is 4.90 Å². The van der Waals surface area contributed by atoms with E-state index in [-0.39, 0.29) is 5.91 Å². The number of amides is 1. The molecule has 4 heteroatoms. The Hall–Kier alpha value is -1.06. The lowest BCUT2D eigenvalue weighted by Crippen LogP contribution is -2.45. The summed E-state index contributed by atoms with van der Waals surface area (Å²) in [6.45, 7) is 3.40. The van der Waals surface area contributed by atoms with Gasteiger partial charge in [-0.15, -0.1) is 0 Å². The Morgan fingerprint density at radius 2 is 1.90 bits per heavy atom. The van der Waals surface area contributed by atoms with Crippen molar-refractivity contribution < 1.29 is 4.79 Å². The number of halogens is 1. The summed E-state index contributed by atoms with van der Waals surface area (Å²) >= 11 is 5.90. The van der Waals surface area contributed by atoms with E-state index >= 15 is 0 Å². The average Bonchev–Trinajstić information content (AvgIpc) is 3.20. The van der Waals surface area contributed by atoms with E-state index in [1.54, 1.807) is 12.1 Å². The molecule has 1 saturated heterocycles. The molecule has 1 aromatic carbocycles. The fourth-order valence-corrected chi connectivity index (χ4v) is 3.37. The number of likely N-dealkylation sites (tertiary alicyclic amines) is 1. The molecule has 2 fully saturated rings. The quantitative estimate of drug-likeness (QED) is 0.833. The highest BCUT2D eigenvalue weighted by Gasteiger charge is 2.37. The molecular weight excluding hydrogens is 284 g/mol. The van der Waals surface area contributed by atoms with Crippen molar-refractivity contribution in [3.63, 3.8) is 0 Å². The van der Waals surface area contributed by atoms with Crippen molar-refractivity contribution in [3.8, 4) is 0 Å². The van der Waals surface area contributed by atoms with Gasteiger partial charge in [-0.05, 0) is 69.0 Å². The van der Waals surface area contributed by atoms with E-state index in [1.165, 1.54) is 38.8 Å². The van der Waals surface area contributed by atoms with E-state index < -0.39 is 0 Å². The van der Waals surface area contributed by atoms with Gasteiger partial charge in [0.25, 0.3) is 5.91 Å². The van der Waals surface area contributed by atoms with Crippen LogP contribution >= 0.6 is 11.6 Å². The Labute approximate surface area is 131 Å². The molecule has 1 heterocycles. The van der Waals surface area contributed by atoms with Crippen LogP contribution < -0.4 is 0 Å². The topological polar surface area (TPSA) is 23.6 Å². The highest BCUT2D eigenvalue weighted by Crippen LogP contribution is 2.36. The first kappa shape index (κ1) is 14.9. The van der Waals surface area contributed by atoms with Crippen LogP contribution in [0.15, 0.2) is 24.3 Å². The number of rotatable bonds is 5. The molecule has 3 rings (SSSR count). The highest BCUT2D eigenvalue weighted by atomic mass is 35.5. The van der Waals surface area contributed by atoms with Gasteiger partial charge in [0.2, 0.25) is 0 Å². The van der Waals surface area contributed by atoms with Gasteiger partial charge in [0, 0.05) is 30.2 Å². The van der Waals surface area contributed by atoms with E-state index in [9.17, 15) is 4.79 Å². The highest BCUT2D eigenvalue weighted by molar-refractivity contribution is 6.30. The smallest absolute Gasteiger partial charge is 0.253 e. The van der Waals surface area contributed by atoms with Crippen molar-refractivity contribution in [2.45, 2.75) is 31.7 Å². The summed E-state index contributed by atoms with van der Waals surface area (Å²) in [7, 11) is 1.95. The fourth-order valence-electron chi connectivity index (χ4n) is 3.25. The molecule has 0 bridgehead atoms. The van der Waals surface area contributed by atoms with Crippen LogP contribution in [-0.2, 0) is 0 Å². The summed E-state index contributed by atoms with van der Waals surface area (Å²) in [6.07, 6.45) is 5.12. The minimum atomic E-state index is 0.114. The molecule has 0 aromatic heterocycles. The summed E-state index contributed by atoms with van der Waals surface area (Å²) in [5.74, 6) is 0.801. The number of likely N-dealkylation sites (N-methyl/N-ethyl adjacent to an activating group) is 1. The SMILES string of the molecule is CN(C(=O)c1ccc(Cl)cc1)C(CN1CCCC1)C1CC1. The Morgan fingerprint density at radius 3 is 2.48 bits per heavy atom. The summed E-state index contributed by atoms with van der Waals surface area (Å²) in [5.41, 5.74) is 0.731. The fraction of sp³-hybridized carbons (Fsp3) is 0.588. The van der Waals surface area contributed by atoms with Gasteiger partial charge in [-0.2, -0.15) is 0 Å². The lowest BCUT2D eigenvalue weighted by Gasteiger charge is -2.32. The number of hydrogen-bond donors (Lipinski definition) is 0. The summed E-state index contributed by atoms with van der Waals surface area (Å²) in [4.78, 5) is 17.1. The Kier molecular flexibility index (Phi) is 4.51. The molecule has 2 aliphatic rings. The third kappa shape index (κ3) is 3.58. The maximum Gasteiger partial charge on any atom is 0.253 e. The zero-order valence-electron chi connectivity index (χ0n) is 12.6. The van der Waals surface area contributed by atoms with E-state index in [0.29, 0.717) is 17.0 Å². The molecule has 3 nitrogen and oxygen atoms in total. The molecule has 1 amide bonds. The van der Waals surface area contributed by atoms with Crippen LogP contribution in [0.25, 0.3) is 0 Å². The normalized spacial score (nSPS) is 20.5. The molecule has 1 saturated carbocycles. The van der Waals surface area contributed by atoms with E-state index in [1.807, 2.05) is 24.1 Å². The second-order valence-corrected chi connectivity index (χ2v) is 6.77. The summed E-state index contributed by atoms with van der Waals surface area (Å²) in [5, 5.41) is 0.671. The van der Waals surface area contributed by atoms with Crippen molar-refractivity contribution in [1.29, 1.82) is 0 Å². The Morgan fingerprint density at radius 1 is 1.29 bits per heavy atom. The van der Waals surface area contributed by atoms with Crippen LogP contribution in [0.1, 0.15) is 36.0 Å². The minimum Gasteiger partial charge on any atom is -0.337 e. The van der Waals surface area contributed by atoms with Gasteiger partial charge in [-0.25, -0.2) is 0 Å². The lowest BCUT2D eigenvalue weighted by molar-refractivity contribution is 0.0673. The maximum absolute atomic E-state index is 12.7. The zero-order chi connectivity index (χ0) is 14.8. The molecule has 1 aromatic rings. The van der Waals surface area contributed by atoms with Gasteiger partial charge < -0.3 is 9.80 Å². The molecule has 0 radical (unpaired) electrons. The molecule has 1 atom stereocenters. The van der Waals surface area contributed by atoms with Gasteiger partial charge in [-0.3, -0.25) is 4.79 Å².